The lowest BCUT2D eigenvalue weighted by atomic mass is 10.0. The maximum Gasteiger partial charge on any atom is 0.195 e. The van der Waals surface area contributed by atoms with Crippen LogP contribution >= 0.6 is 27.3 Å². The molecule has 0 aliphatic heterocycles. The third kappa shape index (κ3) is 2.11. The molecule has 19 heavy (non-hydrogen) atoms. The minimum atomic E-state index is -0.427. The average molecular weight is 335 g/mol. The van der Waals surface area contributed by atoms with Gasteiger partial charge in [0.15, 0.2) is 5.78 Å². The summed E-state index contributed by atoms with van der Waals surface area (Å²) in [6.45, 7) is 0. The van der Waals surface area contributed by atoms with Crippen molar-refractivity contribution < 1.29 is 9.18 Å². The fraction of sp³-hybridized carbons (Fsp3) is 0. The highest BCUT2D eigenvalue weighted by Gasteiger charge is 2.17. The van der Waals surface area contributed by atoms with E-state index in [2.05, 4.69) is 15.9 Å². The SMILES string of the molecule is O=C(c1cccc(F)c1Br)c1cccc2ccsc12. The quantitative estimate of drug-likeness (QED) is 0.600. The Labute approximate surface area is 121 Å². The lowest BCUT2D eigenvalue weighted by Crippen LogP contribution is -2.03. The van der Waals surface area contributed by atoms with Crippen molar-refractivity contribution in [3.8, 4) is 0 Å². The topological polar surface area (TPSA) is 17.1 Å². The van der Waals surface area contributed by atoms with Crippen LogP contribution in [0.1, 0.15) is 15.9 Å². The van der Waals surface area contributed by atoms with E-state index in [0.717, 1.165) is 10.1 Å². The Morgan fingerprint density at radius 3 is 2.63 bits per heavy atom. The van der Waals surface area contributed by atoms with Gasteiger partial charge in [0.2, 0.25) is 0 Å². The van der Waals surface area contributed by atoms with Crippen molar-refractivity contribution in [1.29, 1.82) is 0 Å². The average Bonchev–Trinajstić information content (AvgIpc) is 2.89. The van der Waals surface area contributed by atoms with Crippen molar-refractivity contribution in [2.75, 3.05) is 0 Å². The Morgan fingerprint density at radius 1 is 1.05 bits per heavy atom. The molecule has 0 bridgehead atoms. The molecule has 0 N–H and O–H groups in total. The lowest BCUT2D eigenvalue weighted by molar-refractivity contribution is 0.103. The van der Waals surface area contributed by atoms with Crippen LogP contribution in [0.15, 0.2) is 52.3 Å². The van der Waals surface area contributed by atoms with Gasteiger partial charge in [0.25, 0.3) is 0 Å². The van der Waals surface area contributed by atoms with Crippen molar-refractivity contribution in [3.05, 3.63) is 69.3 Å². The van der Waals surface area contributed by atoms with Gasteiger partial charge in [-0.3, -0.25) is 4.79 Å². The summed E-state index contributed by atoms with van der Waals surface area (Å²) < 4.78 is 14.7. The van der Waals surface area contributed by atoms with Crippen LogP contribution in [-0.2, 0) is 0 Å². The predicted molar refractivity (Wildman–Crippen MR) is 79.4 cm³/mol. The highest BCUT2D eigenvalue weighted by atomic mass is 79.9. The summed E-state index contributed by atoms with van der Waals surface area (Å²) in [7, 11) is 0. The summed E-state index contributed by atoms with van der Waals surface area (Å²) in [6.07, 6.45) is 0. The molecule has 4 heteroatoms. The van der Waals surface area contributed by atoms with Crippen LogP contribution in [0.5, 0.6) is 0 Å². The predicted octanol–water partition coefficient (Wildman–Crippen LogP) is 5.03. The van der Waals surface area contributed by atoms with Gasteiger partial charge in [0.05, 0.1) is 4.47 Å². The van der Waals surface area contributed by atoms with Crippen LogP contribution in [0, 0.1) is 5.82 Å². The zero-order valence-corrected chi connectivity index (χ0v) is 12.1. The highest BCUT2D eigenvalue weighted by Crippen LogP contribution is 2.29. The molecule has 0 saturated heterocycles. The molecule has 0 spiro atoms. The second-order valence-electron chi connectivity index (χ2n) is 4.08. The van der Waals surface area contributed by atoms with Gasteiger partial charge in [0.1, 0.15) is 5.82 Å². The summed E-state index contributed by atoms with van der Waals surface area (Å²) in [5.74, 6) is -0.594. The monoisotopic (exact) mass is 334 g/mol. The molecule has 2 aromatic carbocycles. The standard InChI is InChI=1S/C15H8BrFOS/c16-13-10(4-2-6-12(13)17)14(18)11-5-1-3-9-7-8-19-15(9)11/h1-8H. The number of hydrogen-bond donors (Lipinski definition) is 0. The molecule has 1 nitrogen and oxygen atoms in total. The van der Waals surface area contributed by atoms with E-state index in [9.17, 15) is 9.18 Å². The Kier molecular flexibility index (Phi) is 3.21. The van der Waals surface area contributed by atoms with Gasteiger partial charge < -0.3 is 0 Å². The number of thiophene rings is 1. The molecule has 0 aliphatic rings. The third-order valence-corrected chi connectivity index (χ3v) is 4.69. The van der Waals surface area contributed by atoms with Crippen molar-refractivity contribution in [1.82, 2.24) is 0 Å². The number of fused-ring (bicyclic) bond motifs is 1. The third-order valence-electron chi connectivity index (χ3n) is 2.92. The Hall–Kier alpha value is -1.52. The summed E-state index contributed by atoms with van der Waals surface area (Å²) in [5, 5.41) is 2.98. The van der Waals surface area contributed by atoms with Crippen LogP contribution in [-0.4, -0.2) is 5.78 Å². The molecule has 0 unspecified atom stereocenters. The molecule has 0 radical (unpaired) electrons. The number of halogens is 2. The van der Waals surface area contributed by atoms with E-state index >= 15 is 0 Å². The van der Waals surface area contributed by atoms with Gasteiger partial charge in [0, 0.05) is 15.8 Å². The van der Waals surface area contributed by atoms with Gasteiger partial charge in [-0.05, 0) is 51.0 Å². The summed E-state index contributed by atoms with van der Waals surface area (Å²) in [4.78, 5) is 12.5. The van der Waals surface area contributed by atoms with Crippen molar-refractivity contribution in [2.24, 2.45) is 0 Å². The lowest BCUT2D eigenvalue weighted by Gasteiger charge is -2.05. The summed E-state index contributed by atoms with van der Waals surface area (Å²) in [5.41, 5.74) is 0.958. The van der Waals surface area contributed by atoms with Gasteiger partial charge >= 0.3 is 0 Å². The van der Waals surface area contributed by atoms with E-state index < -0.39 is 5.82 Å². The van der Waals surface area contributed by atoms with Crippen molar-refractivity contribution in [2.45, 2.75) is 0 Å². The maximum atomic E-state index is 13.5. The second-order valence-corrected chi connectivity index (χ2v) is 5.78. The van der Waals surface area contributed by atoms with Crippen LogP contribution in [0.25, 0.3) is 10.1 Å². The minimum absolute atomic E-state index is 0.167. The first kappa shape index (κ1) is 12.5. The molecule has 0 atom stereocenters. The molecular formula is C15H8BrFOS. The molecule has 0 aliphatic carbocycles. The Bertz CT molecular complexity index is 779. The molecule has 0 amide bonds. The first-order chi connectivity index (χ1) is 9.18. The van der Waals surface area contributed by atoms with Crippen LogP contribution in [0.2, 0.25) is 0 Å². The van der Waals surface area contributed by atoms with Gasteiger partial charge in [-0.2, -0.15) is 0 Å². The van der Waals surface area contributed by atoms with E-state index in [1.807, 2.05) is 23.6 Å². The summed E-state index contributed by atoms with van der Waals surface area (Å²) in [6, 6.07) is 12.0. The largest absolute Gasteiger partial charge is 0.289 e. The van der Waals surface area contributed by atoms with E-state index in [0.29, 0.717) is 11.1 Å². The molecule has 3 aromatic rings. The van der Waals surface area contributed by atoms with Crippen molar-refractivity contribution >= 4 is 43.1 Å². The number of carbonyl (C=O) groups is 1. The molecule has 94 valence electrons. The molecule has 1 aromatic heterocycles. The van der Waals surface area contributed by atoms with E-state index in [1.54, 1.807) is 18.2 Å². The fourth-order valence-electron chi connectivity index (χ4n) is 2.00. The normalized spacial score (nSPS) is 10.8. The molecule has 3 rings (SSSR count). The molecule has 1 heterocycles. The zero-order chi connectivity index (χ0) is 13.4. The highest BCUT2D eigenvalue weighted by molar-refractivity contribution is 9.10. The van der Waals surface area contributed by atoms with E-state index in [1.165, 1.54) is 17.4 Å². The number of hydrogen-bond acceptors (Lipinski definition) is 2. The minimum Gasteiger partial charge on any atom is -0.289 e. The van der Waals surface area contributed by atoms with E-state index in [-0.39, 0.29) is 10.3 Å². The number of benzene rings is 2. The maximum absolute atomic E-state index is 13.5. The Balaban J connectivity index is 2.19. The zero-order valence-electron chi connectivity index (χ0n) is 9.69. The van der Waals surface area contributed by atoms with Crippen LogP contribution in [0.3, 0.4) is 0 Å². The molecular weight excluding hydrogens is 327 g/mol. The molecule has 0 fully saturated rings. The van der Waals surface area contributed by atoms with Gasteiger partial charge in [-0.15, -0.1) is 11.3 Å². The first-order valence-corrected chi connectivity index (χ1v) is 7.30. The smallest absolute Gasteiger partial charge is 0.195 e. The number of carbonyl (C=O) groups excluding carboxylic acids is 1. The summed E-state index contributed by atoms with van der Waals surface area (Å²) >= 11 is 4.66. The van der Waals surface area contributed by atoms with Crippen molar-refractivity contribution in [3.63, 3.8) is 0 Å². The Morgan fingerprint density at radius 2 is 1.79 bits per heavy atom. The van der Waals surface area contributed by atoms with Gasteiger partial charge in [-0.25, -0.2) is 4.39 Å². The number of rotatable bonds is 2. The number of ketones is 1. The van der Waals surface area contributed by atoms with E-state index in [4.69, 9.17) is 0 Å². The second kappa shape index (κ2) is 4.87. The fourth-order valence-corrected chi connectivity index (χ4v) is 3.35. The van der Waals surface area contributed by atoms with Gasteiger partial charge in [-0.1, -0.05) is 18.2 Å². The van der Waals surface area contributed by atoms with Crippen LogP contribution in [0.4, 0.5) is 4.39 Å². The molecule has 0 saturated carbocycles. The first-order valence-electron chi connectivity index (χ1n) is 5.63. The van der Waals surface area contributed by atoms with Crippen LogP contribution < -0.4 is 0 Å².